The largest absolute Gasteiger partial charge is 0.481 e. The highest BCUT2D eigenvalue weighted by Crippen LogP contribution is 2.30. The molecule has 0 saturated carbocycles. The second-order valence-electron chi connectivity index (χ2n) is 5.99. The van der Waals surface area contributed by atoms with Crippen molar-refractivity contribution in [3.8, 4) is 23.4 Å². The first-order valence-electron chi connectivity index (χ1n) is 8.34. The Morgan fingerprint density at radius 1 is 1.18 bits per heavy atom. The lowest BCUT2D eigenvalue weighted by atomic mass is 10.2. The third-order valence-electron chi connectivity index (χ3n) is 3.58. The van der Waals surface area contributed by atoms with Crippen molar-refractivity contribution in [3.63, 3.8) is 0 Å². The molecule has 28 heavy (non-hydrogen) atoms. The number of nitriles is 1. The number of nitrogens with one attached hydrogen (secondary N) is 1. The minimum atomic E-state index is -4.46. The number of aromatic nitrogens is 1. The van der Waals surface area contributed by atoms with Crippen LogP contribution in [-0.2, 0) is 11.0 Å². The molecule has 9 heteroatoms. The topological polar surface area (TPSA) is 84.2 Å². The van der Waals surface area contributed by atoms with E-state index in [-0.39, 0.29) is 24.2 Å². The van der Waals surface area contributed by atoms with E-state index >= 15 is 0 Å². The lowest BCUT2D eigenvalue weighted by Gasteiger charge is -2.17. The maximum Gasteiger partial charge on any atom is 0.417 e. The average Bonchev–Trinajstić information content (AvgIpc) is 2.63. The molecule has 1 heterocycles. The van der Waals surface area contributed by atoms with E-state index in [1.807, 2.05) is 6.07 Å². The monoisotopic (exact) mass is 393 g/mol. The Hall–Kier alpha value is -3.28. The molecule has 2 unspecified atom stereocenters. The van der Waals surface area contributed by atoms with Gasteiger partial charge in [0.25, 0.3) is 5.91 Å². The number of nitrogens with zero attached hydrogens (tertiary/aromatic N) is 2. The summed E-state index contributed by atoms with van der Waals surface area (Å²) in [6, 6.07) is 9.89. The quantitative estimate of drug-likeness (QED) is 0.766. The number of alkyl halides is 3. The van der Waals surface area contributed by atoms with Gasteiger partial charge in [-0.3, -0.25) is 4.79 Å². The molecule has 1 aromatic heterocycles. The van der Waals surface area contributed by atoms with Crippen LogP contribution in [0.4, 0.5) is 13.2 Å². The molecule has 6 nitrogen and oxygen atoms in total. The zero-order valence-electron chi connectivity index (χ0n) is 15.2. The molecule has 1 amide bonds. The summed E-state index contributed by atoms with van der Waals surface area (Å²) in [5.74, 6) is 0.417. The van der Waals surface area contributed by atoms with Crippen LogP contribution in [0.25, 0.3) is 0 Å². The number of hydrogen-bond acceptors (Lipinski definition) is 5. The van der Waals surface area contributed by atoms with Crippen molar-refractivity contribution in [1.29, 1.82) is 5.26 Å². The number of halogens is 3. The molecule has 0 fully saturated rings. The van der Waals surface area contributed by atoms with E-state index in [1.165, 1.54) is 12.1 Å². The Morgan fingerprint density at radius 2 is 1.82 bits per heavy atom. The van der Waals surface area contributed by atoms with Crippen molar-refractivity contribution in [1.82, 2.24) is 10.3 Å². The van der Waals surface area contributed by atoms with Gasteiger partial charge in [-0.25, -0.2) is 4.98 Å². The van der Waals surface area contributed by atoms with Gasteiger partial charge in [-0.1, -0.05) is 0 Å². The van der Waals surface area contributed by atoms with E-state index in [1.54, 1.807) is 26.0 Å². The molecule has 0 spiro atoms. The molecule has 148 valence electrons. The van der Waals surface area contributed by atoms with E-state index < -0.39 is 17.8 Å². The Labute approximate surface area is 159 Å². The number of benzene rings is 1. The van der Waals surface area contributed by atoms with Gasteiger partial charge in [0.15, 0.2) is 6.10 Å². The van der Waals surface area contributed by atoms with Crippen LogP contribution >= 0.6 is 0 Å². The first-order chi connectivity index (χ1) is 13.2. The van der Waals surface area contributed by atoms with E-state index in [2.05, 4.69) is 10.3 Å². The third kappa shape index (κ3) is 6.16. The number of hydrogen-bond donors (Lipinski definition) is 1. The van der Waals surface area contributed by atoms with Gasteiger partial charge in [-0.15, -0.1) is 0 Å². The number of carbonyl (C=O) groups excluding carboxylic acids is 1. The van der Waals surface area contributed by atoms with Gasteiger partial charge in [0.05, 0.1) is 18.1 Å². The number of rotatable bonds is 7. The van der Waals surface area contributed by atoms with Crippen LogP contribution in [0.1, 0.15) is 25.8 Å². The SMILES string of the molecule is CC(CC#N)NC(=O)C(C)Oc1ccc(Oc2ccc(C(F)(F)F)cn2)cc1. The summed E-state index contributed by atoms with van der Waals surface area (Å²) in [6.45, 7) is 3.29. The lowest BCUT2D eigenvalue weighted by Crippen LogP contribution is -2.41. The Kier molecular flexibility index (Phi) is 6.82. The fourth-order valence-corrected chi connectivity index (χ4v) is 2.12. The second kappa shape index (κ2) is 9.08. The van der Waals surface area contributed by atoms with E-state index in [0.29, 0.717) is 17.7 Å². The van der Waals surface area contributed by atoms with Crippen molar-refractivity contribution in [3.05, 3.63) is 48.2 Å². The van der Waals surface area contributed by atoms with Crippen LogP contribution in [0.3, 0.4) is 0 Å². The van der Waals surface area contributed by atoms with Crippen LogP contribution in [0, 0.1) is 11.3 Å². The summed E-state index contributed by atoms with van der Waals surface area (Å²) in [4.78, 5) is 15.6. The number of pyridine rings is 1. The van der Waals surface area contributed by atoms with Crippen LogP contribution < -0.4 is 14.8 Å². The zero-order chi connectivity index (χ0) is 20.7. The van der Waals surface area contributed by atoms with Gasteiger partial charge in [0.1, 0.15) is 11.5 Å². The lowest BCUT2D eigenvalue weighted by molar-refractivity contribution is -0.137. The normalized spacial score (nSPS) is 13.1. The number of amides is 1. The van der Waals surface area contributed by atoms with Crippen molar-refractivity contribution >= 4 is 5.91 Å². The highest BCUT2D eigenvalue weighted by atomic mass is 19.4. The Morgan fingerprint density at radius 3 is 2.36 bits per heavy atom. The molecule has 1 aromatic carbocycles. The fraction of sp³-hybridized carbons (Fsp3) is 0.316. The molecule has 2 rings (SSSR count). The summed E-state index contributed by atoms with van der Waals surface area (Å²) in [5.41, 5.74) is -0.861. The minimum Gasteiger partial charge on any atom is -0.481 e. The van der Waals surface area contributed by atoms with E-state index in [0.717, 1.165) is 12.1 Å². The molecule has 0 saturated heterocycles. The number of ether oxygens (including phenoxy) is 2. The minimum absolute atomic E-state index is 0.0147. The highest BCUT2D eigenvalue weighted by Gasteiger charge is 2.30. The van der Waals surface area contributed by atoms with Crippen LogP contribution in [0.15, 0.2) is 42.6 Å². The van der Waals surface area contributed by atoms with Crippen molar-refractivity contribution < 1.29 is 27.4 Å². The summed E-state index contributed by atoms with van der Waals surface area (Å²) < 4.78 is 48.5. The summed E-state index contributed by atoms with van der Waals surface area (Å²) in [7, 11) is 0. The fourth-order valence-electron chi connectivity index (χ4n) is 2.12. The van der Waals surface area contributed by atoms with Gasteiger partial charge in [0, 0.05) is 18.3 Å². The van der Waals surface area contributed by atoms with Crippen molar-refractivity contribution in [2.24, 2.45) is 0 Å². The van der Waals surface area contributed by atoms with E-state index in [9.17, 15) is 18.0 Å². The predicted octanol–water partition coefficient (Wildman–Crippen LogP) is 4.08. The molecular weight excluding hydrogens is 375 g/mol. The molecule has 0 aliphatic heterocycles. The smallest absolute Gasteiger partial charge is 0.417 e. The Balaban J connectivity index is 1.92. The molecule has 2 aromatic rings. The van der Waals surface area contributed by atoms with Gasteiger partial charge in [-0.05, 0) is 44.2 Å². The van der Waals surface area contributed by atoms with Crippen molar-refractivity contribution in [2.75, 3.05) is 0 Å². The van der Waals surface area contributed by atoms with Crippen LogP contribution in [0.5, 0.6) is 17.4 Å². The zero-order valence-corrected chi connectivity index (χ0v) is 15.2. The number of carbonyl (C=O) groups is 1. The van der Waals surface area contributed by atoms with Crippen molar-refractivity contribution in [2.45, 2.75) is 38.6 Å². The third-order valence-corrected chi connectivity index (χ3v) is 3.58. The molecular formula is C19H18F3N3O3. The first kappa shape index (κ1) is 21.0. The maximum absolute atomic E-state index is 12.5. The summed E-state index contributed by atoms with van der Waals surface area (Å²) in [6.07, 6.45) is -4.34. The average molecular weight is 393 g/mol. The van der Waals surface area contributed by atoms with E-state index in [4.69, 9.17) is 14.7 Å². The van der Waals surface area contributed by atoms with Gasteiger partial charge in [0.2, 0.25) is 5.88 Å². The van der Waals surface area contributed by atoms with Gasteiger partial charge < -0.3 is 14.8 Å². The van der Waals surface area contributed by atoms with Crippen LogP contribution in [-0.4, -0.2) is 23.0 Å². The first-order valence-corrected chi connectivity index (χ1v) is 8.34. The van der Waals surface area contributed by atoms with Crippen LogP contribution in [0.2, 0.25) is 0 Å². The Bertz CT molecular complexity index is 831. The summed E-state index contributed by atoms with van der Waals surface area (Å²) >= 11 is 0. The molecule has 2 atom stereocenters. The molecule has 0 bridgehead atoms. The molecule has 0 aliphatic rings. The highest BCUT2D eigenvalue weighted by molar-refractivity contribution is 5.81. The summed E-state index contributed by atoms with van der Waals surface area (Å²) in [5, 5.41) is 11.3. The van der Waals surface area contributed by atoms with Gasteiger partial charge in [-0.2, -0.15) is 18.4 Å². The molecule has 0 aliphatic carbocycles. The second-order valence-corrected chi connectivity index (χ2v) is 5.99. The van der Waals surface area contributed by atoms with Gasteiger partial charge >= 0.3 is 6.18 Å². The molecule has 0 radical (unpaired) electrons. The standard InChI is InChI=1S/C19H18F3N3O3/c1-12(9-10-23)25-18(26)13(2)27-15-4-6-16(7-5-15)28-17-8-3-14(11-24-17)19(20,21)22/h3-8,11-13H,9H2,1-2H3,(H,25,26). The predicted molar refractivity (Wildman–Crippen MR) is 93.7 cm³/mol. The maximum atomic E-state index is 12.5. The molecule has 1 N–H and O–H groups in total.